The maximum absolute atomic E-state index is 5.49. The molecule has 0 saturated carbocycles. The zero-order chi connectivity index (χ0) is 13.9. The van der Waals surface area contributed by atoms with Crippen LogP contribution in [0.15, 0.2) is 54.6 Å². The summed E-state index contributed by atoms with van der Waals surface area (Å²) >= 11 is 5.49. The number of nitrogens with zero attached hydrogens (tertiary/aromatic N) is 2. The van der Waals surface area contributed by atoms with E-state index in [1.807, 2.05) is 66.2 Å². The van der Waals surface area contributed by atoms with E-state index in [1.54, 1.807) is 0 Å². The Kier molecular flexibility index (Phi) is 3.44. The van der Waals surface area contributed by atoms with Gasteiger partial charge < -0.3 is 4.57 Å². The van der Waals surface area contributed by atoms with Crippen molar-refractivity contribution in [1.29, 1.82) is 0 Å². The predicted octanol–water partition coefficient (Wildman–Crippen LogP) is 4.47. The minimum Gasteiger partial charge on any atom is -0.332 e. The highest BCUT2D eigenvalue weighted by Gasteiger charge is 2.02. The molecule has 0 aliphatic carbocycles. The molecule has 3 aromatic rings. The van der Waals surface area contributed by atoms with Crippen molar-refractivity contribution in [2.75, 3.05) is 0 Å². The third kappa shape index (κ3) is 2.40. The average molecular weight is 278 g/mol. The third-order valence-electron chi connectivity index (χ3n) is 3.24. The van der Waals surface area contributed by atoms with Crippen LogP contribution in [-0.2, 0) is 7.05 Å². The molecule has 98 valence electrons. The summed E-state index contributed by atoms with van der Waals surface area (Å²) in [5.41, 5.74) is 3.97. The largest absolute Gasteiger partial charge is 0.332 e. The fourth-order valence-corrected chi connectivity index (χ4v) is 2.36. The Labute approximate surface area is 123 Å². The average Bonchev–Trinajstić information content (AvgIpc) is 2.50. The molecule has 1 heterocycles. The van der Waals surface area contributed by atoms with Crippen molar-refractivity contribution in [3.05, 3.63) is 70.5 Å². The van der Waals surface area contributed by atoms with Crippen LogP contribution < -0.4 is 0 Å². The van der Waals surface area contributed by atoms with Crippen LogP contribution in [-0.4, -0.2) is 9.55 Å². The van der Waals surface area contributed by atoms with Crippen molar-refractivity contribution < 1.29 is 0 Å². The summed E-state index contributed by atoms with van der Waals surface area (Å²) in [7, 11) is 1.98. The van der Waals surface area contributed by atoms with Crippen molar-refractivity contribution in [3.8, 4) is 0 Å². The first-order chi connectivity index (χ1) is 9.75. The maximum Gasteiger partial charge on any atom is 0.132 e. The zero-order valence-corrected chi connectivity index (χ0v) is 12.0. The zero-order valence-electron chi connectivity index (χ0n) is 11.2. The van der Waals surface area contributed by atoms with Gasteiger partial charge >= 0.3 is 0 Å². The molecule has 3 heteroatoms. The Morgan fingerprint density at radius 3 is 2.45 bits per heavy atom. The van der Waals surface area contributed by atoms with Crippen molar-refractivity contribution in [1.82, 2.24) is 9.55 Å². The van der Waals surface area contributed by atoms with Gasteiger partial charge in [0.25, 0.3) is 0 Å². The molecule has 0 bridgehead atoms. The summed E-state index contributed by atoms with van der Waals surface area (Å²) < 4.78 is 2.75. The monoisotopic (exact) mass is 278 g/mol. The number of aryl methyl sites for hydroxylation is 1. The molecule has 0 aliphatic rings. The van der Waals surface area contributed by atoms with E-state index >= 15 is 0 Å². The van der Waals surface area contributed by atoms with E-state index in [0.717, 1.165) is 26.9 Å². The highest BCUT2D eigenvalue weighted by molar-refractivity contribution is 7.71. The molecule has 0 N–H and O–H groups in total. The Balaban J connectivity index is 2.11. The van der Waals surface area contributed by atoms with Crippen LogP contribution in [0.2, 0.25) is 0 Å². The molecule has 0 fully saturated rings. The quantitative estimate of drug-likeness (QED) is 0.643. The molecule has 0 saturated heterocycles. The van der Waals surface area contributed by atoms with E-state index in [2.05, 4.69) is 17.1 Å². The van der Waals surface area contributed by atoms with E-state index < -0.39 is 0 Å². The number of aromatic nitrogens is 2. The first-order valence-corrected chi connectivity index (χ1v) is 6.85. The Morgan fingerprint density at radius 2 is 1.65 bits per heavy atom. The van der Waals surface area contributed by atoms with Gasteiger partial charge in [-0.15, -0.1) is 0 Å². The number of para-hydroxylation sites is 2. The van der Waals surface area contributed by atoms with Crippen molar-refractivity contribution in [2.24, 2.45) is 7.05 Å². The molecule has 1 aromatic heterocycles. The molecule has 20 heavy (non-hydrogen) atoms. The number of rotatable bonds is 2. The van der Waals surface area contributed by atoms with Gasteiger partial charge in [-0.2, -0.15) is 0 Å². The van der Waals surface area contributed by atoms with E-state index in [-0.39, 0.29) is 0 Å². The van der Waals surface area contributed by atoms with Crippen LogP contribution in [0.5, 0.6) is 0 Å². The Bertz CT molecular complexity index is 832. The molecule has 3 rings (SSSR count). The highest BCUT2D eigenvalue weighted by atomic mass is 32.1. The van der Waals surface area contributed by atoms with Crippen molar-refractivity contribution in [2.45, 2.75) is 0 Å². The fraction of sp³-hybridized carbons (Fsp3) is 0.0588. The minimum absolute atomic E-state index is 0.746. The molecular formula is C17H14N2S. The van der Waals surface area contributed by atoms with Gasteiger partial charge in [-0.3, -0.25) is 0 Å². The molecule has 0 atom stereocenters. The fourth-order valence-electron chi connectivity index (χ4n) is 2.15. The smallest absolute Gasteiger partial charge is 0.132 e. The standard InChI is InChI=1S/C17H14N2S/c1-19-16-10-6-5-9-14(16)18-15(17(19)20)12-11-13-7-3-2-4-8-13/h2-12H,1H3/b12-11+. The number of hydrogen-bond donors (Lipinski definition) is 0. The number of hydrogen-bond acceptors (Lipinski definition) is 2. The molecule has 2 aromatic carbocycles. The van der Waals surface area contributed by atoms with E-state index in [1.165, 1.54) is 0 Å². The molecule has 0 radical (unpaired) electrons. The molecule has 0 unspecified atom stereocenters. The normalized spacial score (nSPS) is 11.2. The molecular weight excluding hydrogens is 264 g/mol. The maximum atomic E-state index is 5.49. The van der Waals surface area contributed by atoms with Crippen LogP contribution in [0, 0.1) is 4.64 Å². The second kappa shape index (κ2) is 5.39. The summed E-state index contributed by atoms with van der Waals surface area (Å²) in [5, 5.41) is 0. The molecule has 0 spiro atoms. The van der Waals surface area contributed by atoms with Gasteiger partial charge in [0.15, 0.2) is 0 Å². The van der Waals surface area contributed by atoms with Gasteiger partial charge in [0, 0.05) is 7.05 Å². The van der Waals surface area contributed by atoms with Crippen LogP contribution in [0.25, 0.3) is 23.2 Å². The van der Waals surface area contributed by atoms with Gasteiger partial charge in [0.1, 0.15) is 4.64 Å². The number of benzene rings is 2. The summed E-state index contributed by atoms with van der Waals surface area (Å²) in [6, 6.07) is 18.2. The summed E-state index contributed by atoms with van der Waals surface area (Å²) in [4.78, 5) is 4.64. The second-order valence-electron chi connectivity index (χ2n) is 4.59. The van der Waals surface area contributed by atoms with Gasteiger partial charge in [0.2, 0.25) is 0 Å². The van der Waals surface area contributed by atoms with Crippen molar-refractivity contribution in [3.63, 3.8) is 0 Å². The lowest BCUT2D eigenvalue weighted by Gasteiger charge is -2.07. The van der Waals surface area contributed by atoms with E-state index in [9.17, 15) is 0 Å². The molecule has 0 amide bonds. The van der Waals surface area contributed by atoms with Crippen LogP contribution in [0.1, 0.15) is 11.3 Å². The van der Waals surface area contributed by atoms with Gasteiger partial charge in [-0.1, -0.05) is 60.8 Å². The van der Waals surface area contributed by atoms with Gasteiger partial charge in [-0.25, -0.2) is 4.98 Å². The summed E-state index contributed by atoms with van der Waals surface area (Å²) in [6.07, 6.45) is 4.01. The molecule has 2 nitrogen and oxygen atoms in total. The lowest BCUT2D eigenvalue weighted by Crippen LogP contribution is -1.99. The highest BCUT2D eigenvalue weighted by Crippen LogP contribution is 2.15. The van der Waals surface area contributed by atoms with Crippen LogP contribution in [0.4, 0.5) is 0 Å². The van der Waals surface area contributed by atoms with Crippen LogP contribution in [0.3, 0.4) is 0 Å². The lowest BCUT2D eigenvalue weighted by molar-refractivity contribution is 0.917. The first kappa shape index (κ1) is 12.8. The second-order valence-corrected chi connectivity index (χ2v) is 4.98. The van der Waals surface area contributed by atoms with E-state index in [0.29, 0.717) is 0 Å². The van der Waals surface area contributed by atoms with Gasteiger partial charge in [0.05, 0.1) is 16.7 Å². The van der Waals surface area contributed by atoms with Gasteiger partial charge in [-0.05, 0) is 23.8 Å². The predicted molar refractivity (Wildman–Crippen MR) is 86.9 cm³/mol. The Hall–Kier alpha value is -2.26. The first-order valence-electron chi connectivity index (χ1n) is 6.44. The SMILES string of the molecule is Cn1c(=S)c(/C=C/c2ccccc2)nc2ccccc21. The summed E-state index contributed by atoms with van der Waals surface area (Å²) in [6.45, 7) is 0. The van der Waals surface area contributed by atoms with Crippen molar-refractivity contribution >= 4 is 35.4 Å². The topological polar surface area (TPSA) is 17.8 Å². The lowest BCUT2D eigenvalue weighted by atomic mass is 10.2. The van der Waals surface area contributed by atoms with E-state index in [4.69, 9.17) is 12.2 Å². The number of fused-ring (bicyclic) bond motifs is 1. The van der Waals surface area contributed by atoms with Crippen LogP contribution >= 0.6 is 12.2 Å². The third-order valence-corrected chi connectivity index (χ3v) is 3.72. The Morgan fingerprint density at radius 1 is 0.950 bits per heavy atom. The summed E-state index contributed by atoms with van der Waals surface area (Å²) in [5.74, 6) is 0. The minimum atomic E-state index is 0.746. The molecule has 0 aliphatic heterocycles.